The third-order valence-electron chi connectivity index (χ3n) is 2.03. The number of hydrogen-bond donors (Lipinski definition) is 2. The summed E-state index contributed by atoms with van der Waals surface area (Å²) in [6.45, 7) is 0.282. The van der Waals surface area contributed by atoms with Crippen molar-refractivity contribution in [3.8, 4) is 0 Å². The molecule has 1 aromatic rings. The van der Waals surface area contributed by atoms with Gasteiger partial charge in [-0.05, 0) is 0 Å². The summed E-state index contributed by atoms with van der Waals surface area (Å²) in [5.74, 6) is 0.395. The fourth-order valence-corrected chi connectivity index (χ4v) is 1.34. The van der Waals surface area contributed by atoms with E-state index in [0.29, 0.717) is 12.2 Å². The van der Waals surface area contributed by atoms with Crippen LogP contribution in [-0.4, -0.2) is 29.0 Å². The summed E-state index contributed by atoms with van der Waals surface area (Å²) in [5.41, 5.74) is 0. The van der Waals surface area contributed by atoms with Crippen LogP contribution in [0.4, 0.5) is 4.79 Å². The molecule has 6 nitrogen and oxygen atoms in total. The van der Waals surface area contributed by atoms with Crippen LogP contribution in [0.1, 0.15) is 18.3 Å². The molecular weight excluding hydrogens is 188 g/mol. The Balaban J connectivity index is 1.89. The lowest BCUT2D eigenvalue weighted by molar-refractivity contribution is 0.117. The Bertz CT molecular complexity index is 311. The molecular formula is C8H10N2O4. The summed E-state index contributed by atoms with van der Waals surface area (Å²) < 4.78 is 9.46. The molecule has 14 heavy (non-hydrogen) atoms. The van der Waals surface area contributed by atoms with Gasteiger partial charge in [0.15, 0.2) is 5.76 Å². The van der Waals surface area contributed by atoms with Crippen LogP contribution in [0.15, 0.2) is 16.8 Å². The van der Waals surface area contributed by atoms with Gasteiger partial charge in [-0.15, -0.1) is 0 Å². The van der Waals surface area contributed by atoms with Gasteiger partial charge in [-0.1, -0.05) is 5.16 Å². The highest BCUT2D eigenvalue weighted by molar-refractivity contribution is 5.69. The molecule has 0 saturated carbocycles. The minimum absolute atomic E-state index is 0.164. The standard InChI is InChI=1S/C8H10N2O4/c11-6(7-1-2-9-14-7)3-5-4-13-8(12)10-5/h1-2,5-6,11H,3-4H2,(H,10,12)/t5-,6?/m0/s1. The fourth-order valence-electron chi connectivity index (χ4n) is 1.34. The normalized spacial score (nSPS) is 22.9. The van der Waals surface area contributed by atoms with Crippen molar-refractivity contribution in [2.75, 3.05) is 6.61 Å². The maximum absolute atomic E-state index is 10.7. The van der Waals surface area contributed by atoms with Gasteiger partial charge in [0, 0.05) is 12.5 Å². The fraction of sp³-hybridized carbons (Fsp3) is 0.500. The highest BCUT2D eigenvalue weighted by Crippen LogP contribution is 2.19. The molecule has 1 aliphatic rings. The maximum atomic E-state index is 10.7. The van der Waals surface area contributed by atoms with E-state index < -0.39 is 12.2 Å². The van der Waals surface area contributed by atoms with Crippen molar-refractivity contribution in [2.45, 2.75) is 18.6 Å². The van der Waals surface area contributed by atoms with Gasteiger partial charge in [0.1, 0.15) is 12.7 Å². The monoisotopic (exact) mass is 198 g/mol. The average Bonchev–Trinajstić information content (AvgIpc) is 2.75. The SMILES string of the molecule is O=C1N[C@@H](CC(O)c2ccno2)CO1. The summed E-state index contributed by atoms with van der Waals surface area (Å²) in [5, 5.41) is 15.7. The molecule has 6 heteroatoms. The topological polar surface area (TPSA) is 84.6 Å². The van der Waals surface area contributed by atoms with E-state index in [9.17, 15) is 9.90 Å². The molecule has 2 heterocycles. The second-order valence-electron chi connectivity index (χ2n) is 3.11. The zero-order chi connectivity index (χ0) is 9.97. The Morgan fingerprint density at radius 3 is 3.21 bits per heavy atom. The number of amides is 1. The summed E-state index contributed by atoms with van der Waals surface area (Å²) in [6.07, 6.45) is 0.618. The van der Waals surface area contributed by atoms with Crippen molar-refractivity contribution in [1.82, 2.24) is 10.5 Å². The van der Waals surface area contributed by atoms with Gasteiger partial charge < -0.3 is 19.7 Å². The first-order valence-corrected chi connectivity index (χ1v) is 4.27. The van der Waals surface area contributed by atoms with Crippen LogP contribution in [-0.2, 0) is 4.74 Å². The van der Waals surface area contributed by atoms with Crippen molar-refractivity contribution in [1.29, 1.82) is 0 Å². The first kappa shape index (κ1) is 9.01. The van der Waals surface area contributed by atoms with E-state index >= 15 is 0 Å². The smallest absolute Gasteiger partial charge is 0.407 e. The number of aliphatic hydroxyl groups is 1. The number of nitrogens with zero attached hydrogens (tertiary/aromatic N) is 1. The van der Waals surface area contributed by atoms with E-state index in [1.807, 2.05) is 0 Å². The number of aliphatic hydroxyl groups excluding tert-OH is 1. The molecule has 1 fully saturated rings. The lowest BCUT2D eigenvalue weighted by atomic mass is 10.1. The molecule has 0 aromatic carbocycles. The molecule has 0 bridgehead atoms. The van der Waals surface area contributed by atoms with Crippen LogP contribution in [0.25, 0.3) is 0 Å². The van der Waals surface area contributed by atoms with Crippen LogP contribution < -0.4 is 5.32 Å². The predicted molar refractivity (Wildman–Crippen MR) is 44.4 cm³/mol. The van der Waals surface area contributed by atoms with E-state index in [2.05, 4.69) is 15.2 Å². The molecule has 76 valence electrons. The van der Waals surface area contributed by atoms with Crippen LogP contribution >= 0.6 is 0 Å². The molecule has 2 N–H and O–H groups in total. The number of carbonyl (C=O) groups is 1. The molecule has 2 rings (SSSR count). The largest absolute Gasteiger partial charge is 0.447 e. The van der Waals surface area contributed by atoms with Crippen molar-refractivity contribution < 1.29 is 19.2 Å². The van der Waals surface area contributed by atoms with Crippen LogP contribution in [0.3, 0.4) is 0 Å². The summed E-state index contributed by atoms with van der Waals surface area (Å²) in [6, 6.07) is 1.42. The number of ether oxygens (including phenoxy) is 1. The minimum atomic E-state index is -0.760. The highest BCUT2D eigenvalue weighted by Gasteiger charge is 2.26. The molecule has 0 radical (unpaired) electrons. The predicted octanol–water partition coefficient (Wildman–Crippen LogP) is 0.206. The lowest BCUT2D eigenvalue weighted by Gasteiger charge is -2.10. The molecule has 1 saturated heterocycles. The second kappa shape index (κ2) is 3.67. The van der Waals surface area contributed by atoms with Gasteiger partial charge in [-0.2, -0.15) is 0 Å². The van der Waals surface area contributed by atoms with Crippen molar-refractivity contribution >= 4 is 6.09 Å². The molecule has 2 atom stereocenters. The number of rotatable bonds is 3. The van der Waals surface area contributed by atoms with Gasteiger partial charge in [-0.3, -0.25) is 0 Å². The van der Waals surface area contributed by atoms with E-state index in [-0.39, 0.29) is 12.6 Å². The van der Waals surface area contributed by atoms with Crippen molar-refractivity contribution in [3.63, 3.8) is 0 Å². The van der Waals surface area contributed by atoms with E-state index in [1.165, 1.54) is 6.20 Å². The van der Waals surface area contributed by atoms with Crippen molar-refractivity contribution in [2.24, 2.45) is 0 Å². The zero-order valence-electron chi connectivity index (χ0n) is 7.34. The first-order chi connectivity index (χ1) is 6.75. The quantitative estimate of drug-likeness (QED) is 0.725. The van der Waals surface area contributed by atoms with Gasteiger partial charge in [0.2, 0.25) is 0 Å². The van der Waals surface area contributed by atoms with E-state index in [4.69, 9.17) is 4.52 Å². The van der Waals surface area contributed by atoms with E-state index in [0.717, 1.165) is 0 Å². The zero-order valence-corrected chi connectivity index (χ0v) is 7.34. The number of cyclic esters (lactones) is 1. The number of aromatic nitrogens is 1. The summed E-state index contributed by atoms with van der Waals surface area (Å²) in [7, 11) is 0. The van der Waals surface area contributed by atoms with Gasteiger partial charge in [0.25, 0.3) is 0 Å². The van der Waals surface area contributed by atoms with Gasteiger partial charge in [0.05, 0.1) is 12.2 Å². The molecule has 1 unspecified atom stereocenters. The van der Waals surface area contributed by atoms with Gasteiger partial charge in [-0.25, -0.2) is 4.79 Å². The van der Waals surface area contributed by atoms with Crippen molar-refractivity contribution in [3.05, 3.63) is 18.0 Å². The average molecular weight is 198 g/mol. The lowest BCUT2D eigenvalue weighted by Crippen LogP contribution is -2.27. The number of alkyl carbamates (subject to hydrolysis) is 1. The Morgan fingerprint density at radius 2 is 2.64 bits per heavy atom. The Morgan fingerprint density at radius 1 is 1.79 bits per heavy atom. The van der Waals surface area contributed by atoms with Gasteiger partial charge >= 0.3 is 6.09 Å². The Kier molecular flexibility index (Phi) is 2.36. The van der Waals surface area contributed by atoms with Crippen LogP contribution in [0, 0.1) is 0 Å². The summed E-state index contributed by atoms with van der Waals surface area (Å²) >= 11 is 0. The first-order valence-electron chi connectivity index (χ1n) is 4.27. The molecule has 0 spiro atoms. The third kappa shape index (κ3) is 1.85. The van der Waals surface area contributed by atoms with Crippen LogP contribution in [0.5, 0.6) is 0 Å². The van der Waals surface area contributed by atoms with E-state index in [1.54, 1.807) is 6.07 Å². The second-order valence-corrected chi connectivity index (χ2v) is 3.11. The Hall–Kier alpha value is -1.56. The summed E-state index contributed by atoms with van der Waals surface area (Å²) in [4.78, 5) is 10.7. The molecule has 1 amide bonds. The third-order valence-corrected chi connectivity index (χ3v) is 2.03. The number of hydrogen-bond acceptors (Lipinski definition) is 5. The Labute approximate surface area is 79.8 Å². The number of nitrogens with one attached hydrogen (secondary N) is 1. The molecule has 0 aliphatic carbocycles. The minimum Gasteiger partial charge on any atom is -0.447 e. The number of carbonyl (C=O) groups excluding carboxylic acids is 1. The highest BCUT2D eigenvalue weighted by atomic mass is 16.6. The van der Waals surface area contributed by atoms with Crippen LogP contribution in [0.2, 0.25) is 0 Å². The molecule has 1 aliphatic heterocycles. The maximum Gasteiger partial charge on any atom is 0.407 e. The molecule has 1 aromatic heterocycles.